The number of halogens is 4. The summed E-state index contributed by atoms with van der Waals surface area (Å²) < 4.78 is 55.0. The van der Waals surface area contributed by atoms with Gasteiger partial charge in [0, 0.05) is 6.42 Å². The van der Waals surface area contributed by atoms with E-state index < -0.39 is 29.4 Å². The largest absolute Gasteiger partial charge is 0.406 e. The molecule has 0 aliphatic rings. The quantitative estimate of drug-likeness (QED) is 0.621. The van der Waals surface area contributed by atoms with Crippen LogP contribution in [0.1, 0.15) is 31.7 Å². The Bertz CT molecular complexity index is 895. The van der Waals surface area contributed by atoms with Crippen LogP contribution in [0.2, 0.25) is 0 Å². The van der Waals surface area contributed by atoms with E-state index in [1.165, 1.54) is 24.3 Å². The Kier molecular flexibility index (Phi) is 4.76. The van der Waals surface area contributed by atoms with Crippen LogP contribution in [0.5, 0.6) is 0 Å². The molecule has 0 radical (unpaired) electrons. The molecule has 0 amide bonds. The topological polar surface area (TPSA) is 54.7 Å². The first kappa shape index (κ1) is 19.4. The van der Waals surface area contributed by atoms with E-state index in [-0.39, 0.29) is 12.2 Å². The molecule has 0 aliphatic carbocycles. The number of hydrogen-bond acceptors (Lipinski definition) is 2. The fourth-order valence-corrected chi connectivity index (χ4v) is 3.44. The van der Waals surface area contributed by atoms with Gasteiger partial charge in [0.25, 0.3) is 0 Å². The number of nitrogens with two attached hydrogens (primary N) is 1. The molecule has 144 valence electrons. The normalized spacial score (nSPS) is 15.1. The van der Waals surface area contributed by atoms with E-state index in [1.807, 2.05) is 0 Å². The van der Waals surface area contributed by atoms with Crippen molar-refractivity contribution in [3.05, 3.63) is 65.7 Å². The lowest BCUT2D eigenvalue weighted by Crippen LogP contribution is -2.58. The monoisotopic (exact) mass is 379 g/mol. The maximum Gasteiger partial charge on any atom is 0.406 e. The molecule has 27 heavy (non-hydrogen) atoms. The summed E-state index contributed by atoms with van der Waals surface area (Å²) in [6.45, 7) is 3.35. The Balaban J connectivity index is 1.93. The second-order valence-corrected chi connectivity index (χ2v) is 7.60. The molecular weight excluding hydrogens is 358 g/mol. The second-order valence-electron chi connectivity index (χ2n) is 7.60. The van der Waals surface area contributed by atoms with Gasteiger partial charge in [0.15, 0.2) is 0 Å². The Morgan fingerprint density at radius 1 is 1.00 bits per heavy atom. The number of nitrogens with zero attached hydrogens (tertiary/aromatic N) is 1. The van der Waals surface area contributed by atoms with E-state index in [1.54, 1.807) is 38.1 Å². The standard InChI is InChI=1S/C20H21F4N3/c1-18(2,13-7-9-14(21)10-8-13)12-19(25,20(22,23)24)11-17-26-15-5-3-4-6-16(15)27-17/h3-10H,11-12,25H2,1-2H3,(H,26,27). The first-order valence-electron chi connectivity index (χ1n) is 8.55. The highest BCUT2D eigenvalue weighted by atomic mass is 19.4. The van der Waals surface area contributed by atoms with Gasteiger partial charge < -0.3 is 10.7 Å². The van der Waals surface area contributed by atoms with Gasteiger partial charge in [0.2, 0.25) is 0 Å². The van der Waals surface area contributed by atoms with Gasteiger partial charge in [0.05, 0.1) is 11.0 Å². The lowest BCUT2D eigenvalue weighted by atomic mass is 9.72. The Morgan fingerprint density at radius 2 is 1.63 bits per heavy atom. The molecule has 3 aromatic rings. The van der Waals surface area contributed by atoms with Gasteiger partial charge in [-0.3, -0.25) is 0 Å². The zero-order valence-corrected chi connectivity index (χ0v) is 15.1. The highest BCUT2D eigenvalue weighted by molar-refractivity contribution is 5.74. The summed E-state index contributed by atoms with van der Waals surface area (Å²) in [4.78, 5) is 7.16. The van der Waals surface area contributed by atoms with E-state index in [2.05, 4.69) is 9.97 Å². The van der Waals surface area contributed by atoms with E-state index >= 15 is 0 Å². The average molecular weight is 379 g/mol. The van der Waals surface area contributed by atoms with Gasteiger partial charge in [-0.15, -0.1) is 0 Å². The van der Waals surface area contributed by atoms with Crippen LogP contribution < -0.4 is 5.73 Å². The van der Waals surface area contributed by atoms with Crippen LogP contribution in [0.25, 0.3) is 11.0 Å². The summed E-state index contributed by atoms with van der Waals surface area (Å²) in [7, 11) is 0. The van der Waals surface area contributed by atoms with Gasteiger partial charge >= 0.3 is 6.18 Å². The number of imidazole rings is 1. The lowest BCUT2D eigenvalue weighted by Gasteiger charge is -2.38. The van der Waals surface area contributed by atoms with Crippen molar-refractivity contribution < 1.29 is 17.6 Å². The van der Waals surface area contributed by atoms with E-state index in [0.717, 1.165) is 0 Å². The number of H-pyrrole nitrogens is 1. The molecule has 2 aromatic carbocycles. The van der Waals surface area contributed by atoms with Gasteiger partial charge in [0.1, 0.15) is 17.2 Å². The molecule has 1 heterocycles. The van der Waals surface area contributed by atoms with Crippen molar-refractivity contribution in [2.24, 2.45) is 5.73 Å². The molecule has 0 bridgehead atoms. The van der Waals surface area contributed by atoms with Crippen LogP contribution in [0.3, 0.4) is 0 Å². The smallest absolute Gasteiger partial charge is 0.342 e. The highest BCUT2D eigenvalue weighted by Crippen LogP contribution is 2.41. The molecule has 1 atom stereocenters. The van der Waals surface area contributed by atoms with Gasteiger partial charge in [-0.2, -0.15) is 13.2 Å². The van der Waals surface area contributed by atoms with Crippen molar-refractivity contribution in [1.29, 1.82) is 0 Å². The first-order valence-corrected chi connectivity index (χ1v) is 8.55. The fourth-order valence-electron chi connectivity index (χ4n) is 3.44. The molecule has 0 aliphatic heterocycles. The Labute approximate surface area is 154 Å². The third-order valence-corrected chi connectivity index (χ3v) is 4.87. The van der Waals surface area contributed by atoms with Crippen LogP contribution in [-0.2, 0) is 11.8 Å². The first-order chi connectivity index (χ1) is 12.5. The van der Waals surface area contributed by atoms with Crippen molar-refractivity contribution in [2.75, 3.05) is 0 Å². The number of benzene rings is 2. The molecule has 1 aromatic heterocycles. The molecular formula is C20H21F4N3. The SMILES string of the molecule is CC(C)(CC(N)(Cc1nc2ccccc2[nH]1)C(F)(F)F)c1ccc(F)cc1. The molecule has 3 nitrogen and oxygen atoms in total. The number of aromatic nitrogens is 2. The number of alkyl halides is 3. The number of aromatic amines is 1. The van der Waals surface area contributed by atoms with Crippen LogP contribution in [0.4, 0.5) is 17.6 Å². The predicted molar refractivity (Wildman–Crippen MR) is 96.8 cm³/mol. The third-order valence-electron chi connectivity index (χ3n) is 4.87. The molecule has 1 unspecified atom stereocenters. The summed E-state index contributed by atoms with van der Waals surface area (Å²) in [5.74, 6) is -0.252. The fraction of sp³-hybridized carbons (Fsp3) is 0.350. The molecule has 0 fully saturated rings. The molecule has 3 rings (SSSR count). The minimum Gasteiger partial charge on any atom is -0.342 e. The molecule has 0 saturated carbocycles. The number of hydrogen-bond donors (Lipinski definition) is 2. The van der Waals surface area contributed by atoms with Crippen molar-refractivity contribution in [3.63, 3.8) is 0 Å². The zero-order valence-electron chi connectivity index (χ0n) is 15.1. The van der Waals surface area contributed by atoms with Gasteiger partial charge in [-0.05, 0) is 41.7 Å². The second kappa shape index (κ2) is 6.64. The summed E-state index contributed by atoms with van der Waals surface area (Å²) in [6, 6.07) is 12.5. The minimum atomic E-state index is -4.64. The number of rotatable bonds is 5. The number of para-hydroxylation sites is 2. The van der Waals surface area contributed by atoms with Crippen molar-refractivity contribution >= 4 is 11.0 Å². The lowest BCUT2D eigenvalue weighted by molar-refractivity contribution is -0.191. The Hall–Kier alpha value is -2.41. The van der Waals surface area contributed by atoms with Crippen LogP contribution in [0.15, 0.2) is 48.5 Å². The van der Waals surface area contributed by atoms with Crippen LogP contribution in [0, 0.1) is 5.82 Å². The van der Waals surface area contributed by atoms with E-state index in [9.17, 15) is 17.6 Å². The highest BCUT2D eigenvalue weighted by Gasteiger charge is 2.54. The summed E-state index contributed by atoms with van der Waals surface area (Å²) in [6.07, 6.45) is -5.48. The maximum absolute atomic E-state index is 13.9. The number of fused-ring (bicyclic) bond motifs is 1. The Morgan fingerprint density at radius 3 is 2.22 bits per heavy atom. The summed E-state index contributed by atoms with van der Waals surface area (Å²) in [5, 5.41) is 0. The van der Waals surface area contributed by atoms with Crippen molar-refractivity contribution in [1.82, 2.24) is 9.97 Å². The molecule has 0 spiro atoms. The summed E-state index contributed by atoms with van der Waals surface area (Å²) in [5.41, 5.74) is 4.37. The third kappa shape index (κ3) is 3.98. The summed E-state index contributed by atoms with van der Waals surface area (Å²) >= 11 is 0. The van der Waals surface area contributed by atoms with Crippen LogP contribution in [-0.4, -0.2) is 21.7 Å². The molecule has 0 saturated heterocycles. The number of nitrogens with one attached hydrogen (secondary N) is 1. The van der Waals surface area contributed by atoms with Crippen LogP contribution >= 0.6 is 0 Å². The predicted octanol–water partition coefficient (Wildman–Crippen LogP) is 4.87. The minimum absolute atomic E-state index is 0.186. The van der Waals surface area contributed by atoms with Crippen molar-refractivity contribution in [3.8, 4) is 0 Å². The van der Waals surface area contributed by atoms with Gasteiger partial charge in [-0.1, -0.05) is 38.1 Å². The maximum atomic E-state index is 13.9. The zero-order chi connectivity index (χ0) is 19.9. The van der Waals surface area contributed by atoms with E-state index in [0.29, 0.717) is 16.6 Å². The average Bonchev–Trinajstić information content (AvgIpc) is 2.95. The van der Waals surface area contributed by atoms with Crippen molar-refractivity contribution in [2.45, 2.75) is 43.8 Å². The molecule has 3 N–H and O–H groups in total. The van der Waals surface area contributed by atoms with Gasteiger partial charge in [-0.25, -0.2) is 9.37 Å². The molecule has 7 heteroatoms. The van der Waals surface area contributed by atoms with E-state index in [4.69, 9.17) is 5.73 Å².